The summed E-state index contributed by atoms with van der Waals surface area (Å²) in [6.07, 6.45) is 4.48. The maximum Gasteiger partial charge on any atom is 0.257 e. The molecule has 2 rings (SSSR count). The van der Waals surface area contributed by atoms with Crippen molar-refractivity contribution in [1.29, 1.82) is 0 Å². The molecule has 0 unspecified atom stereocenters. The summed E-state index contributed by atoms with van der Waals surface area (Å²) in [5, 5.41) is 0. The van der Waals surface area contributed by atoms with E-state index < -0.39 is 0 Å². The van der Waals surface area contributed by atoms with E-state index in [9.17, 15) is 4.79 Å². The van der Waals surface area contributed by atoms with Gasteiger partial charge < -0.3 is 19.8 Å². The molecule has 0 bridgehead atoms. The lowest BCUT2D eigenvalue weighted by Crippen LogP contribution is -2.40. The zero-order valence-corrected chi connectivity index (χ0v) is 11.4. The zero-order chi connectivity index (χ0) is 13.7. The third-order valence-electron chi connectivity index (χ3n) is 3.41. The van der Waals surface area contributed by atoms with E-state index in [1.165, 1.54) is 6.26 Å². The average Bonchev–Trinajstić information content (AvgIpc) is 2.86. The van der Waals surface area contributed by atoms with E-state index in [0.29, 0.717) is 12.1 Å². The summed E-state index contributed by atoms with van der Waals surface area (Å²) in [5.41, 5.74) is 6.07. The highest BCUT2D eigenvalue weighted by molar-refractivity contribution is 5.94. The Morgan fingerprint density at radius 1 is 1.53 bits per heavy atom. The second-order valence-corrected chi connectivity index (χ2v) is 4.95. The van der Waals surface area contributed by atoms with Gasteiger partial charge in [0.1, 0.15) is 12.0 Å². The van der Waals surface area contributed by atoms with Crippen molar-refractivity contribution in [3.63, 3.8) is 0 Å². The quantitative estimate of drug-likeness (QED) is 0.821. The number of ether oxygens (including phenoxy) is 1. The number of amides is 1. The van der Waals surface area contributed by atoms with E-state index in [1.54, 1.807) is 6.07 Å². The van der Waals surface area contributed by atoms with Crippen LogP contribution in [-0.2, 0) is 4.74 Å². The van der Waals surface area contributed by atoms with Crippen molar-refractivity contribution in [1.82, 2.24) is 4.90 Å². The van der Waals surface area contributed by atoms with Gasteiger partial charge in [0, 0.05) is 19.7 Å². The van der Waals surface area contributed by atoms with Crippen LogP contribution < -0.4 is 5.73 Å². The molecule has 0 spiro atoms. The van der Waals surface area contributed by atoms with Gasteiger partial charge in [-0.3, -0.25) is 4.79 Å². The van der Waals surface area contributed by atoms with Gasteiger partial charge >= 0.3 is 0 Å². The standard InChI is InChI=1S/C14H22N2O3/c1-11-9-12(10-19-11)14(17)16-6-3-13(4-7-16)18-8-2-5-15/h9-10,13H,2-8,15H2,1H3. The molecular formula is C14H22N2O3. The van der Waals surface area contributed by atoms with Crippen molar-refractivity contribution < 1.29 is 13.9 Å². The summed E-state index contributed by atoms with van der Waals surface area (Å²) in [4.78, 5) is 14.1. The number of hydrogen-bond acceptors (Lipinski definition) is 4. The highest BCUT2D eigenvalue weighted by Gasteiger charge is 2.24. The highest BCUT2D eigenvalue weighted by Crippen LogP contribution is 2.17. The molecule has 5 nitrogen and oxygen atoms in total. The first-order valence-corrected chi connectivity index (χ1v) is 6.87. The van der Waals surface area contributed by atoms with Crippen LogP contribution in [0.2, 0.25) is 0 Å². The van der Waals surface area contributed by atoms with Crippen LogP contribution in [0.15, 0.2) is 16.7 Å². The second kappa shape index (κ2) is 6.73. The van der Waals surface area contributed by atoms with Crippen LogP contribution in [0.5, 0.6) is 0 Å². The molecule has 1 saturated heterocycles. The van der Waals surface area contributed by atoms with Gasteiger partial charge in [-0.1, -0.05) is 0 Å². The third-order valence-corrected chi connectivity index (χ3v) is 3.41. The van der Waals surface area contributed by atoms with Crippen LogP contribution >= 0.6 is 0 Å². The molecule has 1 aliphatic rings. The van der Waals surface area contributed by atoms with Gasteiger partial charge in [-0.05, 0) is 38.8 Å². The Morgan fingerprint density at radius 3 is 2.84 bits per heavy atom. The molecule has 1 aromatic heterocycles. The molecule has 2 heterocycles. The van der Waals surface area contributed by atoms with Crippen molar-refractivity contribution in [2.75, 3.05) is 26.2 Å². The Morgan fingerprint density at radius 2 is 2.26 bits per heavy atom. The number of aryl methyl sites for hydroxylation is 1. The Kier molecular flexibility index (Phi) is 4.99. The summed E-state index contributed by atoms with van der Waals surface area (Å²) >= 11 is 0. The van der Waals surface area contributed by atoms with E-state index >= 15 is 0 Å². The Bertz CT molecular complexity index is 409. The minimum atomic E-state index is 0.0530. The molecule has 0 aliphatic carbocycles. The number of piperidine rings is 1. The summed E-state index contributed by atoms with van der Waals surface area (Å²) in [5.74, 6) is 0.820. The number of carbonyl (C=O) groups excluding carboxylic acids is 1. The maximum atomic E-state index is 12.2. The van der Waals surface area contributed by atoms with Crippen LogP contribution in [0.3, 0.4) is 0 Å². The molecule has 0 saturated carbocycles. The van der Waals surface area contributed by atoms with Gasteiger partial charge in [0.15, 0.2) is 0 Å². The molecule has 5 heteroatoms. The lowest BCUT2D eigenvalue weighted by Gasteiger charge is -2.31. The number of carbonyl (C=O) groups is 1. The number of rotatable bonds is 5. The van der Waals surface area contributed by atoms with Gasteiger partial charge in [0.25, 0.3) is 5.91 Å². The minimum absolute atomic E-state index is 0.0530. The van der Waals surface area contributed by atoms with Crippen LogP contribution in [0.1, 0.15) is 35.4 Å². The molecule has 1 aliphatic heterocycles. The van der Waals surface area contributed by atoms with Crippen molar-refractivity contribution in [3.8, 4) is 0 Å². The lowest BCUT2D eigenvalue weighted by atomic mass is 10.1. The van der Waals surface area contributed by atoms with Crippen molar-refractivity contribution in [2.24, 2.45) is 5.73 Å². The fourth-order valence-corrected chi connectivity index (χ4v) is 2.30. The van der Waals surface area contributed by atoms with Crippen molar-refractivity contribution in [3.05, 3.63) is 23.7 Å². The molecule has 1 fully saturated rings. The van der Waals surface area contributed by atoms with E-state index in [4.69, 9.17) is 14.9 Å². The fourth-order valence-electron chi connectivity index (χ4n) is 2.30. The van der Waals surface area contributed by atoms with E-state index in [1.807, 2.05) is 11.8 Å². The molecular weight excluding hydrogens is 244 g/mol. The molecule has 1 amide bonds. The highest BCUT2D eigenvalue weighted by atomic mass is 16.5. The molecule has 106 valence electrons. The number of nitrogens with two attached hydrogens (primary N) is 1. The Balaban J connectivity index is 1.78. The summed E-state index contributed by atoms with van der Waals surface area (Å²) in [6, 6.07) is 1.78. The van der Waals surface area contributed by atoms with Gasteiger partial charge in [-0.25, -0.2) is 0 Å². The predicted octanol–water partition coefficient (Wildman–Crippen LogP) is 1.56. The Labute approximate surface area is 113 Å². The normalized spacial score (nSPS) is 16.8. The first-order chi connectivity index (χ1) is 9.20. The minimum Gasteiger partial charge on any atom is -0.469 e. The molecule has 0 radical (unpaired) electrons. The van der Waals surface area contributed by atoms with E-state index in [2.05, 4.69) is 0 Å². The van der Waals surface area contributed by atoms with E-state index in [0.717, 1.165) is 44.7 Å². The smallest absolute Gasteiger partial charge is 0.257 e. The molecule has 2 N–H and O–H groups in total. The number of likely N-dealkylation sites (tertiary alicyclic amines) is 1. The topological polar surface area (TPSA) is 68.7 Å². The summed E-state index contributed by atoms with van der Waals surface area (Å²) in [6.45, 7) is 4.72. The SMILES string of the molecule is Cc1cc(C(=O)N2CCC(OCCCN)CC2)co1. The Hall–Kier alpha value is -1.33. The van der Waals surface area contributed by atoms with Crippen LogP contribution in [0, 0.1) is 6.92 Å². The molecule has 0 aromatic carbocycles. The van der Waals surface area contributed by atoms with E-state index in [-0.39, 0.29) is 12.0 Å². The van der Waals surface area contributed by atoms with Crippen molar-refractivity contribution in [2.45, 2.75) is 32.3 Å². The second-order valence-electron chi connectivity index (χ2n) is 4.95. The third kappa shape index (κ3) is 3.81. The van der Waals surface area contributed by atoms with Crippen LogP contribution in [-0.4, -0.2) is 43.2 Å². The number of hydrogen-bond donors (Lipinski definition) is 1. The first-order valence-electron chi connectivity index (χ1n) is 6.87. The zero-order valence-electron chi connectivity index (χ0n) is 11.4. The monoisotopic (exact) mass is 266 g/mol. The predicted molar refractivity (Wildman–Crippen MR) is 72.0 cm³/mol. The van der Waals surface area contributed by atoms with Gasteiger partial charge in [0.2, 0.25) is 0 Å². The molecule has 19 heavy (non-hydrogen) atoms. The fraction of sp³-hybridized carbons (Fsp3) is 0.643. The van der Waals surface area contributed by atoms with Crippen molar-refractivity contribution >= 4 is 5.91 Å². The largest absolute Gasteiger partial charge is 0.469 e. The lowest BCUT2D eigenvalue weighted by molar-refractivity contribution is 0.00843. The number of furan rings is 1. The summed E-state index contributed by atoms with van der Waals surface area (Å²) in [7, 11) is 0. The van der Waals surface area contributed by atoms with Crippen LogP contribution in [0.4, 0.5) is 0 Å². The van der Waals surface area contributed by atoms with Crippen LogP contribution in [0.25, 0.3) is 0 Å². The maximum absolute atomic E-state index is 12.2. The summed E-state index contributed by atoms with van der Waals surface area (Å²) < 4.78 is 10.9. The van der Waals surface area contributed by atoms with Gasteiger partial charge in [-0.2, -0.15) is 0 Å². The van der Waals surface area contributed by atoms with Gasteiger partial charge in [0.05, 0.1) is 11.7 Å². The molecule has 1 aromatic rings. The average molecular weight is 266 g/mol. The first kappa shape index (κ1) is 14.1. The van der Waals surface area contributed by atoms with Gasteiger partial charge in [-0.15, -0.1) is 0 Å². The number of nitrogens with zero attached hydrogens (tertiary/aromatic N) is 1. The molecule has 0 atom stereocenters.